The Hall–Kier alpha value is -1.79. The molecule has 2 aliphatic heterocycles. The van der Waals surface area contributed by atoms with Crippen molar-refractivity contribution in [2.24, 2.45) is 11.8 Å². The molecule has 2 saturated heterocycles. The molecule has 2 rings (SSSR count). The number of aliphatic carboxylic acids is 1. The lowest BCUT2D eigenvalue weighted by Crippen LogP contribution is -2.49. The number of hydrogen-bond acceptors (Lipinski definition) is 4. The topological polar surface area (TPSA) is 87.2 Å². The van der Waals surface area contributed by atoms with Gasteiger partial charge in [-0.1, -0.05) is 13.8 Å². The minimum Gasteiger partial charge on any atom is -0.480 e. The van der Waals surface area contributed by atoms with Gasteiger partial charge >= 0.3 is 12.1 Å². The fraction of sp³-hybridized carbons (Fsp3) is 0.824. The Kier molecular flexibility index (Phi) is 5.11. The normalized spacial score (nSPS) is 25.2. The molecule has 0 bridgehead atoms. The van der Waals surface area contributed by atoms with Crippen LogP contribution in [-0.4, -0.2) is 63.7 Å². The van der Waals surface area contributed by atoms with Crippen molar-refractivity contribution in [3.8, 4) is 0 Å². The smallest absolute Gasteiger partial charge is 0.410 e. The fourth-order valence-electron chi connectivity index (χ4n) is 3.51. The number of likely N-dealkylation sites (tertiary alicyclic amines) is 2. The van der Waals surface area contributed by atoms with E-state index in [1.807, 2.05) is 13.8 Å². The van der Waals surface area contributed by atoms with E-state index in [2.05, 4.69) is 0 Å². The molecule has 136 valence electrons. The summed E-state index contributed by atoms with van der Waals surface area (Å²) in [6.07, 6.45) is 0.605. The molecule has 0 aromatic heterocycles. The zero-order chi connectivity index (χ0) is 18.2. The minimum absolute atomic E-state index is 0.0148. The van der Waals surface area contributed by atoms with E-state index >= 15 is 0 Å². The number of carbonyl (C=O) groups excluding carboxylic acids is 2. The monoisotopic (exact) mass is 340 g/mol. The molecule has 7 nitrogen and oxygen atoms in total. The summed E-state index contributed by atoms with van der Waals surface area (Å²) in [4.78, 5) is 39.7. The maximum atomic E-state index is 12.8. The first kappa shape index (κ1) is 18.5. The second kappa shape index (κ2) is 6.61. The van der Waals surface area contributed by atoms with Gasteiger partial charge in [-0.2, -0.15) is 0 Å². The number of carbonyl (C=O) groups is 3. The maximum Gasteiger partial charge on any atom is 0.410 e. The molecule has 7 heteroatoms. The number of carboxylic acid groups (broad SMARTS) is 1. The van der Waals surface area contributed by atoms with E-state index in [0.29, 0.717) is 25.9 Å². The van der Waals surface area contributed by atoms with E-state index in [9.17, 15) is 19.5 Å². The van der Waals surface area contributed by atoms with E-state index in [0.717, 1.165) is 0 Å². The van der Waals surface area contributed by atoms with Crippen molar-refractivity contribution in [3.05, 3.63) is 0 Å². The summed E-state index contributed by atoms with van der Waals surface area (Å²) in [5, 5.41) is 9.49. The van der Waals surface area contributed by atoms with Crippen LogP contribution in [0.15, 0.2) is 0 Å². The number of fused-ring (bicyclic) bond motifs is 1. The molecule has 2 aliphatic rings. The summed E-state index contributed by atoms with van der Waals surface area (Å²) in [6.45, 7) is 10.1. The molecule has 0 aromatic rings. The lowest BCUT2D eigenvalue weighted by molar-refractivity contribution is -0.150. The lowest BCUT2D eigenvalue weighted by Gasteiger charge is -2.30. The van der Waals surface area contributed by atoms with Crippen LogP contribution in [0.4, 0.5) is 4.79 Å². The number of rotatable bonds is 4. The van der Waals surface area contributed by atoms with Crippen molar-refractivity contribution in [2.45, 2.75) is 65.1 Å². The second-order valence-electron chi connectivity index (χ2n) is 8.14. The maximum absolute atomic E-state index is 12.8. The predicted octanol–water partition coefficient (Wildman–Crippen LogP) is 1.95. The molecule has 0 spiro atoms. The average Bonchev–Trinajstić information content (AvgIpc) is 2.94. The highest BCUT2D eigenvalue weighted by atomic mass is 16.6. The summed E-state index contributed by atoms with van der Waals surface area (Å²) in [7, 11) is 0. The van der Waals surface area contributed by atoms with Crippen molar-refractivity contribution in [3.63, 3.8) is 0 Å². The van der Waals surface area contributed by atoms with Crippen LogP contribution in [0.25, 0.3) is 0 Å². The predicted molar refractivity (Wildman–Crippen MR) is 87.4 cm³/mol. The van der Waals surface area contributed by atoms with Gasteiger partial charge < -0.3 is 14.7 Å². The van der Waals surface area contributed by atoms with E-state index in [1.54, 1.807) is 20.8 Å². The van der Waals surface area contributed by atoms with Gasteiger partial charge in [-0.25, -0.2) is 9.59 Å². The molecule has 0 aromatic carbocycles. The molecule has 0 unspecified atom stereocenters. The van der Waals surface area contributed by atoms with Crippen LogP contribution in [0.1, 0.15) is 47.5 Å². The van der Waals surface area contributed by atoms with Crippen molar-refractivity contribution in [1.29, 1.82) is 0 Å². The van der Waals surface area contributed by atoms with Gasteiger partial charge in [-0.3, -0.25) is 9.69 Å². The van der Waals surface area contributed by atoms with E-state index in [-0.39, 0.29) is 17.7 Å². The van der Waals surface area contributed by atoms with Crippen LogP contribution in [0.3, 0.4) is 0 Å². The standard InChI is InChI=1S/C17H28N2O5/c1-10(2)8-12(15(21)22)19-9-11-6-7-18(13(11)14(19)20)16(23)24-17(3,4)5/h10-13H,6-9H2,1-5H3,(H,21,22)/t11-,12-,13-/m0/s1. The zero-order valence-electron chi connectivity index (χ0n) is 15.1. The molecule has 0 saturated carbocycles. The van der Waals surface area contributed by atoms with Crippen molar-refractivity contribution >= 4 is 18.0 Å². The van der Waals surface area contributed by atoms with Crippen LogP contribution < -0.4 is 0 Å². The molecule has 3 atom stereocenters. The van der Waals surface area contributed by atoms with Crippen LogP contribution in [0.2, 0.25) is 0 Å². The largest absolute Gasteiger partial charge is 0.480 e. The Morgan fingerprint density at radius 1 is 1.33 bits per heavy atom. The van der Waals surface area contributed by atoms with Crippen molar-refractivity contribution < 1.29 is 24.2 Å². The number of hydrogen-bond donors (Lipinski definition) is 1. The molecule has 2 heterocycles. The Morgan fingerprint density at radius 2 is 1.96 bits per heavy atom. The highest BCUT2D eigenvalue weighted by Crippen LogP contribution is 2.35. The van der Waals surface area contributed by atoms with E-state index in [4.69, 9.17) is 4.74 Å². The Labute approximate surface area is 142 Å². The van der Waals surface area contributed by atoms with E-state index < -0.39 is 29.7 Å². The first-order valence-electron chi connectivity index (χ1n) is 8.54. The third-order valence-electron chi connectivity index (χ3n) is 4.47. The zero-order valence-corrected chi connectivity index (χ0v) is 15.1. The van der Waals surface area contributed by atoms with Gasteiger partial charge in [0.25, 0.3) is 0 Å². The Bertz CT molecular complexity index is 526. The van der Waals surface area contributed by atoms with Gasteiger partial charge in [-0.05, 0) is 39.5 Å². The van der Waals surface area contributed by atoms with Crippen molar-refractivity contribution in [2.75, 3.05) is 13.1 Å². The number of carboxylic acids is 1. The van der Waals surface area contributed by atoms with Crippen LogP contribution >= 0.6 is 0 Å². The van der Waals surface area contributed by atoms with Gasteiger partial charge in [0.1, 0.15) is 17.7 Å². The summed E-state index contributed by atoms with van der Waals surface area (Å²) in [5.41, 5.74) is -0.627. The molecular weight excluding hydrogens is 312 g/mol. The summed E-state index contributed by atoms with van der Waals surface area (Å²) in [6, 6.07) is -1.42. The Morgan fingerprint density at radius 3 is 2.46 bits per heavy atom. The summed E-state index contributed by atoms with van der Waals surface area (Å²) >= 11 is 0. The molecule has 0 radical (unpaired) electrons. The number of nitrogens with zero attached hydrogens (tertiary/aromatic N) is 2. The third-order valence-corrected chi connectivity index (χ3v) is 4.47. The summed E-state index contributed by atoms with van der Waals surface area (Å²) in [5.74, 6) is -1.10. The molecule has 2 amide bonds. The van der Waals surface area contributed by atoms with Gasteiger partial charge in [0, 0.05) is 19.0 Å². The SMILES string of the molecule is CC(C)C[C@@H](C(=O)O)N1C[C@@H]2CCN(C(=O)OC(C)(C)C)[C@@H]2C1=O. The Balaban J connectivity index is 2.14. The molecule has 2 fully saturated rings. The fourth-order valence-corrected chi connectivity index (χ4v) is 3.51. The molecular formula is C17H28N2O5. The lowest BCUT2D eigenvalue weighted by atomic mass is 10.0. The molecule has 1 N–H and O–H groups in total. The number of amides is 2. The van der Waals surface area contributed by atoms with Gasteiger partial charge in [-0.15, -0.1) is 0 Å². The van der Waals surface area contributed by atoms with Crippen LogP contribution in [-0.2, 0) is 14.3 Å². The quantitative estimate of drug-likeness (QED) is 0.845. The first-order valence-corrected chi connectivity index (χ1v) is 8.54. The summed E-state index contributed by atoms with van der Waals surface area (Å²) < 4.78 is 5.39. The first-order chi connectivity index (χ1) is 11.0. The second-order valence-corrected chi connectivity index (χ2v) is 8.14. The van der Waals surface area contributed by atoms with Gasteiger partial charge in [0.2, 0.25) is 5.91 Å². The highest BCUT2D eigenvalue weighted by molar-refractivity contribution is 5.92. The van der Waals surface area contributed by atoms with Crippen molar-refractivity contribution in [1.82, 2.24) is 9.80 Å². The van der Waals surface area contributed by atoms with Gasteiger partial charge in [0.05, 0.1) is 0 Å². The average molecular weight is 340 g/mol. The highest BCUT2D eigenvalue weighted by Gasteiger charge is 2.52. The van der Waals surface area contributed by atoms with Gasteiger partial charge in [0.15, 0.2) is 0 Å². The van der Waals surface area contributed by atoms with Crippen LogP contribution in [0.5, 0.6) is 0 Å². The van der Waals surface area contributed by atoms with Crippen LogP contribution in [0, 0.1) is 11.8 Å². The minimum atomic E-state index is -0.985. The molecule has 0 aliphatic carbocycles. The third kappa shape index (κ3) is 3.82. The van der Waals surface area contributed by atoms with E-state index in [1.165, 1.54) is 9.80 Å². The molecule has 24 heavy (non-hydrogen) atoms. The number of ether oxygens (including phenoxy) is 1.